The van der Waals surface area contributed by atoms with Crippen LogP contribution in [0.4, 0.5) is 0 Å². The van der Waals surface area contributed by atoms with E-state index in [0.29, 0.717) is 18.4 Å². The highest BCUT2D eigenvalue weighted by atomic mass is 16.5. The predicted molar refractivity (Wildman–Crippen MR) is 63.6 cm³/mol. The second-order valence-electron chi connectivity index (χ2n) is 4.60. The van der Waals surface area contributed by atoms with E-state index < -0.39 is 0 Å². The first-order valence-corrected chi connectivity index (χ1v) is 5.93. The molecule has 0 aromatic heterocycles. The van der Waals surface area contributed by atoms with Gasteiger partial charge in [-0.1, -0.05) is 5.16 Å². The molecule has 2 atom stereocenters. The number of hydrogen-bond donors (Lipinski definition) is 3. The van der Waals surface area contributed by atoms with Crippen molar-refractivity contribution in [3.8, 4) is 0 Å². The summed E-state index contributed by atoms with van der Waals surface area (Å²) in [4.78, 5) is 0. The van der Waals surface area contributed by atoms with Gasteiger partial charge in [0.25, 0.3) is 0 Å². The smallest absolute Gasteiger partial charge is 0.140 e. The van der Waals surface area contributed by atoms with Crippen molar-refractivity contribution in [3.63, 3.8) is 0 Å². The van der Waals surface area contributed by atoms with E-state index in [1.165, 1.54) is 0 Å². The third kappa shape index (κ3) is 4.37. The van der Waals surface area contributed by atoms with E-state index in [2.05, 4.69) is 17.4 Å². The van der Waals surface area contributed by atoms with E-state index in [9.17, 15) is 0 Å². The van der Waals surface area contributed by atoms with Crippen LogP contribution in [0.1, 0.15) is 33.1 Å². The molecule has 1 aliphatic rings. The van der Waals surface area contributed by atoms with Crippen molar-refractivity contribution in [2.45, 2.75) is 45.2 Å². The minimum absolute atomic E-state index is 0.230. The molecule has 16 heavy (non-hydrogen) atoms. The summed E-state index contributed by atoms with van der Waals surface area (Å²) in [5.41, 5.74) is 5.47. The van der Waals surface area contributed by atoms with Crippen molar-refractivity contribution in [2.24, 2.45) is 16.8 Å². The zero-order chi connectivity index (χ0) is 12.0. The van der Waals surface area contributed by atoms with Crippen LogP contribution in [-0.2, 0) is 4.74 Å². The van der Waals surface area contributed by atoms with E-state index in [1.54, 1.807) is 0 Å². The lowest BCUT2D eigenvalue weighted by Crippen LogP contribution is -2.42. The molecule has 0 spiro atoms. The molecule has 1 aliphatic heterocycles. The molecule has 1 heterocycles. The summed E-state index contributed by atoms with van der Waals surface area (Å²) in [7, 11) is 0. The fraction of sp³-hybridized carbons (Fsp3) is 0.909. The topological polar surface area (TPSA) is 79.9 Å². The van der Waals surface area contributed by atoms with Gasteiger partial charge < -0.3 is 21.0 Å². The molecule has 0 radical (unpaired) electrons. The van der Waals surface area contributed by atoms with Crippen LogP contribution >= 0.6 is 0 Å². The monoisotopic (exact) mass is 229 g/mol. The number of amidine groups is 1. The van der Waals surface area contributed by atoms with Gasteiger partial charge in [-0.05, 0) is 32.6 Å². The Bertz CT molecular complexity index is 227. The maximum atomic E-state index is 8.49. The Labute approximate surface area is 97.0 Å². The second-order valence-corrected chi connectivity index (χ2v) is 4.60. The third-order valence-electron chi connectivity index (χ3n) is 3.16. The number of nitrogens with two attached hydrogens (primary N) is 1. The summed E-state index contributed by atoms with van der Waals surface area (Å²) in [6, 6.07) is 0.680. The second kappa shape index (κ2) is 6.70. The van der Waals surface area contributed by atoms with Crippen molar-refractivity contribution in [3.05, 3.63) is 0 Å². The average molecular weight is 229 g/mol. The number of hydrogen-bond acceptors (Lipinski definition) is 4. The number of ether oxygens (including phenoxy) is 1. The number of nitrogens with one attached hydrogen (secondary N) is 1. The highest BCUT2D eigenvalue weighted by molar-refractivity contribution is 5.80. The van der Waals surface area contributed by atoms with Crippen LogP contribution in [0.5, 0.6) is 0 Å². The average Bonchev–Trinajstić information content (AvgIpc) is 2.29. The van der Waals surface area contributed by atoms with Crippen LogP contribution in [0.15, 0.2) is 5.16 Å². The first-order chi connectivity index (χ1) is 7.63. The number of nitrogens with zero attached hydrogens (tertiary/aromatic N) is 1. The Morgan fingerprint density at radius 2 is 2.12 bits per heavy atom. The third-order valence-corrected chi connectivity index (χ3v) is 3.16. The zero-order valence-electron chi connectivity index (χ0n) is 10.1. The molecule has 0 amide bonds. The molecule has 94 valence electrons. The molecule has 5 heteroatoms. The van der Waals surface area contributed by atoms with Gasteiger partial charge in [0.05, 0.1) is 0 Å². The standard InChI is InChI=1S/C11H23N3O2/c1-8(7-11(12)14-15)13-9(2)10-3-5-16-6-4-10/h8-10,13,15H,3-7H2,1-2H3,(H2,12,14). The SMILES string of the molecule is CC(CC(N)=NO)NC(C)C1CCOCC1. The summed E-state index contributed by atoms with van der Waals surface area (Å²) in [5.74, 6) is 0.947. The molecule has 1 saturated heterocycles. The molecule has 1 rings (SSSR count). The first kappa shape index (κ1) is 13.3. The van der Waals surface area contributed by atoms with Crippen LogP contribution in [0, 0.1) is 5.92 Å². The van der Waals surface area contributed by atoms with Crippen molar-refractivity contribution in [1.29, 1.82) is 0 Å². The van der Waals surface area contributed by atoms with Gasteiger partial charge in [-0.15, -0.1) is 0 Å². The van der Waals surface area contributed by atoms with Gasteiger partial charge in [-0.2, -0.15) is 0 Å². The predicted octanol–water partition coefficient (Wildman–Crippen LogP) is 0.916. The first-order valence-electron chi connectivity index (χ1n) is 5.93. The van der Waals surface area contributed by atoms with Crippen molar-refractivity contribution in [1.82, 2.24) is 5.32 Å². The number of rotatable bonds is 5. The van der Waals surface area contributed by atoms with Crippen LogP contribution in [0.2, 0.25) is 0 Å². The lowest BCUT2D eigenvalue weighted by atomic mass is 9.92. The molecule has 0 aromatic carbocycles. The normalized spacial score (nSPS) is 23.0. The van der Waals surface area contributed by atoms with Crippen LogP contribution in [0.3, 0.4) is 0 Å². The lowest BCUT2D eigenvalue weighted by Gasteiger charge is -2.30. The number of oxime groups is 1. The van der Waals surface area contributed by atoms with E-state index in [0.717, 1.165) is 26.1 Å². The van der Waals surface area contributed by atoms with Gasteiger partial charge in [0, 0.05) is 31.7 Å². The highest BCUT2D eigenvalue weighted by Gasteiger charge is 2.21. The van der Waals surface area contributed by atoms with E-state index >= 15 is 0 Å². The molecule has 0 aliphatic carbocycles. The van der Waals surface area contributed by atoms with Crippen LogP contribution < -0.4 is 11.1 Å². The van der Waals surface area contributed by atoms with Gasteiger partial charge in [0.15, 0.2) is 0 Å². The Morgan fingerprint density at radius 1 is 1.50 bits per heavy atom. The van der Waals surface area contributed by atoms with Crippen LogP contribution in [-0.4, -0.2) is 36.3 Å². The molecule has 0 bridgehead atoms. The molecular formula is C11H23N3O2. The van der Waals surface area contributed by atoms with E-state index in [1.807, 2.05) is 6.92 Å². The van der Waals surface area contributed by atoms with Crippen molar-refractivity contribution >= 4 is 5.84 Å². The van der Waals surface area contributed by atoms with Gasteiger partial charge in [0.2, 0.25) is 0 Å². The van der Waals surface area contributed by atoms with Gasteiger partial charge >= 0.3 is 0 Å². The fourth-order valence-corrected chi connectivity index (χ4v) is 2.21. The largest absolute Gasteiger partial charge is 0.409 e. The lowest BCUT2D eigenvalue weighted by molar-refractivity contribution is 0.0548. The highest BCUT2D eigenvalue weighted by Crippen LogP contribution is 2.18. The van der Waals surface area contributed by atoms with Gasteiger partial charge in [-0.3, -0.25) is 0 Å². The minimum Gasteiger partial charge on any atom is -0.409 e. The summed E-state index contributed by atoms with van der Waals surface area (Å²) in [6.45, 7) is 5.98. The van der Waals surface area contributed by atoms with Crippen LogP contribution in [0.25, 0.3) is 0 Å². The molecular weight excluding hydrogens is 206 g/mol. The minimum atomic E-state index is 0.230. The maximum Gasteiger partial charge on any atom is 0.140 e. The van der Waals surface area contributed by atoms with Gasteiger partial charge in [0.1, 0.15) is 5.84 Å². The Kier molecular flexibility index (Phi) is 5.55. The summed E-state index contributed by atoms with van der Waals surface area (Å²) < 4.78 is 5.34. The van der Waals surface area contributed by atoms with E-state index in [-0.39, 0.29) is 11.9 Å². The summed E-state index contributed by atoms with van der Waals surface area (Å²) >= 11 is 0. The summed E-state index contributed by atoms with van der Waals surface area (Å²) in [5, 5.41) is 15.0. The molecule has 4 N–H and O–H groups in total. The quantitative estimate of drug-likeness (QED) is 0.283. The molecule has 2 unspecified atom stereocenters. The molecule has 0 aromatic rings. The Hall–Kier alpha value is -0.810. The Morgan fingerprint density at radius 3 is 2.69 bits per heavy atom. The molecule has 0 saturated carbocycles. The van der Waals surface area contributed by atoms with E-state index in [4.69, 9.17) is 15.7 Å². The fourth-order valence-electron chi connectivity index (χ4n) is 2.21. The zero-order valence-corrected chi connectivity index (χ0v) is 10.1. The van der Waals surface area contributed by atoms with Gasteiger partial charge in [-0.25, -0.2) is 0 Å². The molecule has 5 nitrogen and oxygen atoms in total. The maximum absolute atomic E-state index is 8.49. The molecule has 1 fully saturated rings. The Balaban J connectivity index is 2.29. The van der Waals surface area contributed by atoms with Crippen molar-refractivity contribution < 1.29 is 9.94 Å². The summed E-state index contributed by atoms with van der Waals surface area (Å²) in [6.07, 6.45) is 2.80. The van der Waals surface area contributed by atoms with Crippen molar-refractivity contribution in [2.75, 3.05) is 13.2 Å².